The van der Waals surface area contributed by atoms with Crippen molar-refractivity contribution in [2.24, 2.45) is 0 Å². The maximum atomic E-state index is 8.69. The zero-order valence-electron chi connectivity index (χ0n) is 9.73. The number of nitrogens with two attached hydrogens (primary N) is 1. The Hall–Kier alpha value is -1.34. The first kappa shape index (κ1) is 12.7. The van der Waals surface area contributed by atoms with Crippen molar-refractivity contribution in [1.29, 1.82) is 5.26 Å². The van der Waals surface area contributed by atoms with E-state index < -0.39 is 0 Å². The first-order chi connectivity index (χ1) is 7.69. The molecular formula is C12H17N3S. The van der Waals surface area contributed by atoms with Crippen LogP contribution in [-0.2, 0) is 6.42 Å². The molecule has 1 aromatic rings. The summed E-state index contributed by atoms with van der Waals surface area (Å²) < 4.78 is 0. The van der Waals surface area contributed by atoms with Gasteiger partial charge in [-0.2, -0.15) is 17.0 Å². The molecule has 4 heteroatoms. The summed E-state index contributed by atoms with van der Waals surface area (Å²) in [5.74, 6) is 1.09. The van der Waals surface area contributed by atoms with E-state index in [1.807, 2.05) is 30.0 Å². The minimum Gasteiger partial charge on any atom is -0.398 e. The molecule has 2 N–H and O–H groups in total. The van der Waals surface area contributed by atoms with Crippen LogP contribution in [-0.4, -0.2) is 25.6 Å². The number of benzene rings is 1. The van der Waals surface area contributed by atoms with Gasteiger partial charge in [-0.1, -0.05) is 0 Å². The zero-order valence-corrected chi connectivity index (χ0v) is 10.5. The maximum Gasteiger partial charge on any atom is 0.0670 e. The molecular weight excluding hydrogens is 218 g/mol. The number of thioether (sulfide) groups is 1. The number of anilines is 2. The summed E-state index contributed by atoms with van der Waals surface area (Å²) in [6.45, 7) is 0.997. The van der Waals surface area contributed by atoms with E-state index in [4.69, 9.17) is 11.0 Å². The van der Waals surface area contributed by atoms with E-state index in [0.29, 0.717) is 12.1 Å². The van der Waals surface area contributed by atoms with Gasteiger partial charge in [0.1, 0.15) is 0 Å². The summed E-state index contributed by atoms with van der Waals surface area (Å²) in [4.78, 5) is 2.18. The van der Waals surface area contributed by atoms with E-state index in [1.54, 1.807) is 0 Å². The standard InChI is InChI=1S/C12H17N3S/c1-15(7-8-16-2)11-3-4-12(14)10(9-11)5-6-13/h3-4,9H,5,7-8,14H2,1-2H3. The average molecular weight is 235 g/mol. The third kappa shape index (κ3) is 3.35. The highest BCUT2D eigenvalue weighted by atomic mass is 32.2. The maximum absolute atomic E-state index is 8.69. The first-order valence-corrected chi connectivity index (χ1v) is 6.54. The van der Waals surface area contributed by atoms with Crippen molar-refractivity contribution >= 4 is 23.1 Å². The molecule has 0 bridgehead atoms. The number of hydrogen-bond acceptors (Lipinski definition) is 4. The lowest BCUT2D eigenvalue weighted by atomic mass is 10.1. The molecule has 0 radical (unpaired) electrons. The van der Waals surface area contributed by atoms with Crippen molar-refractivity contribution in [3.63, 3.8) is 0 Å². The van der Waals surface area contributed by atoms with E-state index in [-0.39, 0.29) is 0 Å². The van der Waals surface area contributed by atoms with Crippen molar-refractivity contribution in [2.75, 3.05) is 36.2 Å². The van der Waals surface area contributed by atoms with Gasteiger partial charge in [-0.25, -0.2) is 0 Å². The number of nitrogen functional groups attached to an aromatic ring is 1. The lowest BCUT2D eigenvalue weighted by Gasteiger charge is -2.19. The molecule has 16 heavy (non-hydrogen) atoms. The Kier molecular flexibility index (Phi) is 5.00. The summed E-state index contributed by atoms with van der Waals surface area (Å²) in [6, 6.07) is 8.00. The predicted molar refractivity (Wildman–Crippen MR) is 71.8 cm³/mol. The van der Waals surface area contributed by atoms with Gasteiger partial charge in [-0.3, -0.25) is 0 Å². The molecule has 0 spiro atoms. The quantitative estimate of drug-likeness (QED) is 0.794. The van der Waals surface area contributed by atoms with Crippen LogP contribution in [0.3, 0.4) is 0 Å². The monoisotopic (exact) mass is 235 g/mol. The highest BCUT2D eigenvalue weighted by molar-refractivity contribution is 7.98. The number of rotatable bonds is 5. The lowest BCUT2D eigenvalue weighted by molar-refractivity contribution is 0.976. The molecule has 0 amide bonds. The van der Waals surface area contributed by atoms with Gasteiger partial charge in [-0.05, 0) is 30.0 Å². The van der Waals surface area contributed by atoms with E-state index in [9.17, 15) is 0 Å². The molecule has 1 rings (SSSR count). The van der Waals surface area contributed by atoms with Gasteiger partial charge >= 0.3 is 0 Å². The summed E-state index contributed by atoms with van der Waals surface area (Å²) in [5, 5.41) is 8.69. The van der Waals surface area contributed by atoms with Crippen LogP contribution < -0.4 is 10.6 Å². The first-order valence-electron chi connectivity index (χ1n) is 5.14. The molecule has 0 unspecified atom stereocenters. The molecule has 0 aromatic heterocycles. The Morgan fingerprint density at radius 1 is 1.50 bits per heavy atom. The van der Waals surface area contributed by atoms with Crippen LogP contribution in [0.2, 0.25) is 0 Å². The third-order valence-corrected chi connectivity index (χ3v) is 3.06. The summed E-state index contributed by atoms with van der Waals surface area (Å²) >= 11 is 1.82. The van der Waals surface area contributed by atoms with Crippen LogP contribution >= 0.6 is 11.8 Å². The lowest BCUT2D eigenvalue weighted by Crippen LogP contribution is -2.20. The summed E-state index contributed by atoms with van der Waals surface area (Å²) in [5.41, 5.74) is 8.53. The van der Waals surface area contributed by atoms with E-state index >= 15 is 0 Å². The van der Waals surface area contributed by atoms with Crippen molar-refractivity contribution in [1.82, 2.24) is 0 Å². The highest BCUT2D eigenvalue weighted by Gasteiger charge is 2.04. The van der Waals surface area contributed by atoms with Crippen LogP contribution in [0.25, 0.3) is 0 Å². The van der Waals surface area contributed by atoms with Crippen LogP contribution in [0, 0.1) is 11.3 Å². The summed E-state index contributed by atoms with van der Waals surface area (Å²) in [7, 11) is 2.05. The average Bonchev–Trinajstić information content (AvgIpc) is 2.29. The Balaban J connectivity index is 2.81. The minimum atomic E-state index is 0.371. The van der Waals surface area contributed by atoms with Gasteiger partial charge in [0.05, 0.1) is 12.5 Å². The SMILES string of the molecule is CSCCN(C)c1ccc(N)c(CC#N)c1. The van der Waals surface area contributed by atoms with Gasteiger partial charge in [0.25, 0.3) is 0 Å². The van der Waals surface area contributed by atoms with Gasteiger partial charge in [0, 0.05) is 30.7 Å². The molecule has 0 aliphatic carbocycles. The van der Waals surface area contributed by atoms with Gasteiger partial charge in [0.15, 0.2) is 0 Å². The van der Waals surface area contributed by atoms with E-state index in [2.05, 4.69) is 24.3 Å². The molecule has 0 fully saturated rings. The second kappa shape index (κ2) is 6.29. The van der Waals surface area contributed by atoms with Crippen LogP contribution in [0.1, 0.15) is 5.56 Å². The molecule has 86 valence electrons. The Morgan fingerprint density at radius 2 is 2.25 bits per heavy atom. The normalized spacial score (nSPS) is 9.81. The van der Waals surface area contributed by atoms with Crippen LogP contribution in [0.4, 0.5) is 11.4 Å². The van der Waals surface area contributed by atoms with Crippen LogP contribution in [0.15, 0.2) is 18.2 Å². The highest BCUT2D eigenvalue weighted by Crippen LogP contribution is 2.20. The Bertz CT molecular complexity index is 384. The van der Waals surface area contributed by atoms with E-state index in [1.165, 1.54) is 0 Å². The third-order valence-electron chi connectivity index (χ3n) is 2.47. The van der Waals surface area contributed by atoms with Crippen molar-refractivity contribution in [2.45, 2.75) is 6.42 Å². The molecule has 0 saturated carbocycles. The zero-order chi connectivity index (χ0) is 12.0. The molecule has 0 aliphatic rings. The molecule has 1 aromatic carbocycles. The van der Waals surface area contributed by atoms with Gasteiger partial charge < -0.3 is 10.6 Å². The molecule has 3 nitrogen and oxygen atoms in total. The van der Waals surface area contributed by atoms with Crippen molar-refractivity contribution in [3.05, 3.63) is 23.8 Å². The fraction of sp³-hybridized carbons (Fsp3) is 0.417. The number of nitriles is 1. The summed E-state index contributed by atoms with van der Waals surface area (Å²) in [6.07, 6.45) is 2.47. The number of hydrogen-bond donors (Lipinski definition) is 1. The predicted octanol–water partition coefficient (Wildman–Crippen LogP) is 2.13. The Labute approximate surface area is 101 Å². The van der Waals surface area contributed by atoms with Crippen LogP contribution in [0.5, 0.6) is 0 Å². The fourth-order valence-electron chi connectivity index (χ4n) is 1.43. The van der Waals surface area contributed by atoms with Gasteiger partial charge in [-0.15, -0.1) is 0 Å². The Morgan fingerprint density at radius 3 is 2.88 bits per heavy atom. The van der Waals surface area contributed by atoms with Crippen molar-refractivity contribution in [3.8, 4) is 6.07 Å². The molecule has 0 atom stereocenters. The fourth-order valence-corrected chi connectivity index (χ4v) is 1.88. The van der Waals surface area contributed by atoms with E-state index in [0.717, 1.165) is 23.5 Å². The second-order valence-corrected chi connectivity index (χ2v) is 4.62. The minimum absolute atomic E-state index is 0.371. The molecule has 0 saturated heterocycles. The number of nitrogens with zero attached hydrogens (tertiary/aromatic N) is 2. The largest absolute Gasteiger partial charge is 0.398 e. The topological polar surface area (TPSA) is 53.0 Å². The molecule has 0 heterocycles. The van der Waals surface area contributed by atoms with Gasteiger partial charge in [0.2, 0.25) is 0 Å². The molecule has 0 aliphatic heterocycles. The smallest absolute Gasteiger partial charge is 0.0670 e. The second-order valence-electron chi connectivity index (χ2n) is 3.63. The van der Waals surface area contributed by atoms with Crippen molar-refractivity contribution < 1.29 is 0 Å².